The lowest BCUT2D eigenvalue weighted by atomic mass is 10.1. The first kappa shape index (κ1) is 15.5. The SMILES string of the molecule is CCN(Cc1ccccc1)Cc1cc(Br)cc(Br)c1O. The Hall–Kier alpha value is -0.840. The fourth-order valence-corrected chi connectivity index (χ4v) is 3.42. The number of halogens is 2. The highest BCUT2D eigenvalue weighted by Gasteiger charge is 2.11. The molecule has 0 amide bonds. The molecule has 0 heterocycles. The summed E-state index contributed by atoms with van der Waals surface area (Å²) < 4.78 is 1.69. The molecule has 2 aromatic rings. The molecule has 0 atom stereocenters. The van der Waals surface area contributed by atoms with Crippen LogP contribution in [0.5, 0.6) is 5.75 Å². The molecule has 0 fully saturated rings. The molecular formula is C16H17Br2NO. The summed E-state index contributed by atoms with van der Waals surface area (Å²) in [6, 6.07) is 14.2. The average Bonchev–Trinajstić information content (AvgIpc) is 2.44. The van der Waals surface area contributed by atoms with Gasteiger partial charge >= 0.3 is 0 Å². The van der Waals surface area contributed by atoms with Crippen molar-refractivity contribution in [3.63, 3.8) is 0 Å². The van der Waals surface area contributed by atoms with Crippen LogP contribution >= 0.6 is 31.9 Å². The number of nitrogens with zero attached hydrogens (tertiary/aromatic N) is 1. The van der Waals surface area contributed by atoms with Crippen LogP contribution in [0.3, 0.4) is 0 Å². The highest BCUT2D eigenvalue weighted by Crippen LogP contribution is 2.32. The maximum Gasteiger partial charge on any atom is 0.134 e. The largest absolute Gasteiger partial charge is 0.506 e. The van der Waals surface area contributed by atoms with Crippen molar-refractivity contribution >= 4 is 31.9 Å². The third kappa shape index (κ3) is 4.08. The van der Waals surface area contributed by atoms with E-state index in [-0.39, 0.29) is 0 Å². The quantitative estimate of drug-likeness (QED) is 0.770. The van der Waals surface area contributed by atoms with Crippen molar-refractivity contribution in [2.24, 2.45) is 0 Å². The van der Waals surface area contributed by atoms with E-state index >= 15 is 0 Å². The lowest BCUT2D eigenvalue weighted by Gasteiger charge is -2.21. The predicted molar refractivity (Wildman–Crippen MR) is 89.7 cm³/mol. The van der Waals surface area contributed by atoms with Gasteiger partial charge in [0, 0.05) is 23.1 Å². The van der Waals surface area contributed by atoms with E-state index in [1.54, 1.807) is 0 Å². The fourth-order valence-electron chi connectivity index (χ4n) is 2.10. The van der Waals surface area contributed by atoms with E-state index < -0.39 is 0 Å². The van der Waals surface area contributed by atoms with Gasteiger partial charge in [0.05, 0.1) is 4.47 Å². The number of hydrogen-bond donors (Lipinski definition) is 1. The minimum atomic E-state index is 0.319. The molecule has 2 aromatic carbocycles. The Morgan fingerprint density at radius 1 is 1.05 bits per heavy atom. The number of aromatic hydroxyl groups is 1. The van der Waals surface area contributed by atoms with E-state index in [9.17, 15) is 5.11 Å². The topological polar surface area (TPSA) is 23.5 Å². The molecule has 0 radical (unpaired) electrons. The van der Waals surface area contributed by atoms with Crippen LogP contribution in [-0.2, 0) is 13.1 Å². The van der Waals surface area contributed by atoms with E-state index in [0.717, 1.165) is 34.1 Å². The van der Waals surface area contributed by atoms with Crippen molar-refractivity contribution < 1.29 is 5.11 Å². The van der Waals surface area contributed by atoms with E-state index in [4.69, 9.17) is 0 Å². The second-order valence-corrected chi connectivity index (χ2v) is 6.45. The molecule has 20 heavy (non-hydrogen) atoms. The molecule has 0 aliphatic heterocycles. The predicted octanol–water partition coefficient (Wildman–Crippen LogP) is 4.94. The van der Waals surface area contributed by atoms with Gasteiger partial charge in [-0.1, -0.05) is 53.2 Å². The summed E-state index contributed by atoms with van der Waals surface area (Å²) in [5.74, 6) is 0.319. The van der Waals surface area contributed by atoms with Gasteiger partial charge in [0.1, 0.15) is 5.75 Å². The first-order chi connectivity index (χ1) is 9.60. The molecule has 2 nitrogen and oxygen atoms in total. The molecule has 1 N–H and O–H groups in total. The molecule has 0 aliphatic carbocycles. The third-order valence-corrected chi connectivity index (χ3v) is 4.26. The number of phenolic OH excluding ortho intramolecular Hbond substituents is 1. The van der Waals surface area contributed by atoms with Gasteiger partial charge in [-0.05, 0) is 40.2 Å². The Bertz CT molecular complexity index is 572. The molecule has 0 bridgehead atoms. The average molecular weight is 399 g/mol. The van der Waals surface area contributed by atoms with Crippen molar-refractivity contribution in [3.05, 3.63) is 62.5 Å². The molecular weight excluding hydrogens is 382 g/mol. The lowest BCUT2D eigenvalue weighted by Crippen LogP contribution is -2.22. The fraction of sp³-hybridized carbons (Fsp3) is 0.250. The van der Waals surface area contributed by atoms with Crippen LogP contribution in [0.4, 0.5) is 0 Å². The molecule has 0 spiro atoms. The van der Waals surface area contributed by atoms with Crippen LogP contribution in [-0.4, -0.2) is 16.6 Å². The molecule has 4 heteroatoms. The Kier molecular flexibility index (Phi) is 5.64. The Labute approximate surface area is 136 Å². The van der Waals surface area contributed by atoms with E-state index in [1.165, 1.54) is 5.56 Å². The van der Waals surface area contributed by atoms with E-state index in [1.807, 2.05) is 18.2 Å². The van der Waals surface area contributed by atoms with Crippen LogP contribution in [0.15, 0.2) is 51.4 Å². The van der Waals surface area contributed by atoms with Crippen LogP contribution < -0.4 is 0 Å². The van der Waals surface area contributed by atoms with Crippen LogP contribution in [0.25, 0.3) is 0 Å². The van der Waals surface area contributed by atoms with Gasteiger partial charge < -0.3 is 5.11 Å². The molecule has 0 unspecified atom stereocenters. The van der Waals surface area contributed by atoms with Gasteiger partial charge in [-0.3, -0.25) is 4.90 Å². The molecule has 0 saturated carbocycles. The summed E-state index contributed by atoms with van der Waals surface area (Å²) in [4.78, 5) is 2.29. The van der Waals surface area contributed by atoms with Gasteiger partial charge in [0.2, 0.25) is 0 Å². The van der Waals surface area contributed by atoms with Crippen molar-refractivity contribution in [2.75, 3.05) is 6.54 Å². The number of hydrogen-bond acceptors (Lipinski definition) is 2. The van der Waals surface area contributed by atoms with Crippen molar-refractivity contribution in [1.29, 1.82) is 0 Å². The minimum Gasteiger partial charge on any atom is -0.506 e. The Morgan fingerprint density at radius 2 is 1.75 bits per heavy atom. The first-order valence-electron chi connectivity index (χ1n) is 6.53. The van der Waals surface area contributed by atoms with Gasteiger partial charge in [-0.15, -0.1) is 0 Å². The molecule has 2 rings (SSSR count). The summed E-state index contributed by atoms with van der Waals surface area (Å²) >= 11 is 6.84. The Morgan fingerprint density at radius 3 is 2.40 bits per heavy atom. The molecule has 0 aromatic heterocycles. The zero-order chi connectivity index (χ0) is 14.5. The normalized spacial score (nSPS) is 11.0. The summed E-state index contributed by atoms with van der Waals surface area (Å²) in [7, 11) is 0. The van der Waals surface area contributed by atoms with E-state index in [2.05, 4.69) is 67.9 Å². The number of phenols is 1. The minimum absolute atomic E-state index is 0.319. The summed E-state index contributed by atoms with van der Waals surface area (Å²) in [6.07, 6.45) is 0. The van der Waals surface area contributed by atoms with Crippen molar-refractivity contribution in [3.8, 4) is 5.75 Å². The number of benzene rings is 2. The van der Waals surface area contributed by atoms with E-state index in [0.29, 0.717) is 5.75 Å². The van der Waals surface area contributed by atoms with Gasteiger partial charge in [-0.2, -0.15) is 0 Å². The second-order valence-electron chi connectivity index (χ2n) is 4.68. The summed E-state index contributed by atoms with van der Waals surface area (Å²) in [5, 5.41) is 10.1. The van der Waals surface area contributed by atoms with Crippen LogP contribution in [0, 0.1) is 0 Å². The summed E-state index contributed by atoms with van der Waals surface area (Å²) in [6.45, 7) is 4.65. The first-order valence-corrected chi connectivity index (χ1v) is 8.12. The maximum absolute atomic E-state index is 10.1. The van der Waals surface area contributed by atoms with Gasteiger partial charge in [0.15, 0.2) is 0 Å². The highest BCUT2D eigenvalue weighted by molar-refractivity contribution is 9.11. The zero-order valence-electron chi connectivity index (χ0n) is 11.3. The lowest BCUT2D eigenvalue weighted by molar-refractivity contribution is 0.267. The van der Waals surface area contributed by atoms with Gasteiger partial charge in [0.25, 0.3) is 0 Å². The highest BCUT2D eigenvalue weighted by atomic mass is 79.9. The van der Waals surface area contributed by atoms with Gasteiger partial charge in [-0.25, -0.2) is 0 Å². The number of rotatable bonds is 5. The standard InChI is InChI=1S/C16H17Br2NO/c1-2-19(10-12-6-4-3-5-7-12)11-13-8-14(17)9-15(18)16(13)20/h3-9,20H,2,10-11H2,1H3. The maximum atomic E-state index is 10.1. The third-order valence-electron chi connectivity index (χ3n) is 3.20. The van der Waals surface area contributed by atoms with Crippen LogP contribution in [0.2, 0.25) is 0 Å². The second kappa shape index (κ2) is 7.25. The molecule has 0 aliphatic rings. The molecule has 106 valence electrons. The Balaban J connectivity index is 2.14. The zero-order valence-corrected chi connectivity index (χ0v) is 14.5. The van der Waals surface area contributed by atoms with Crippen molar-refractivity contribution in [2.45, 2.75) is 20.0 Å². The van der Waals surface area contributed by atoms with Crippen LogP contribution in [0.1, 0.15) is 18.1 Å². The monoisotopic (exact) mass is 397 g/mol. The summed E-state index contributed by atoms with van der Waals surface area (Å²) in [5.41, 5.74) is 2.20. The molecule has 0 saturated heterocycles. The smallest absolute Gasteiger partial charge is 0.134 e. The van der Waals surface area contributed by atoms with Crippen molar-refractivity contribution in [1.82, 2.24) is 4.90 Å².